The van der Waals surface area contributed by atoms with Gasteiger partial charge < -0.3 is 9.73 Å². The number of nitrogens with one attached hydrogen (secondary N) is 2. The van der Waals surface area contributed by atoms with Crippen molar-refractivity contribution in [2.75, 3.05) is 6.54 Å². The maximum absolute atomic E-state index is 5.66. The summed E-state index contributed by atoms with van der Waals surface area (Å²) in [5, 5.41) is 10.7. The van der Waals surface area contributed by atoms with Crippen LogP contribution in [0.1, 0.15) is 43.4 Å². The van der Waals surface area contributed by atoms with Gasteiger partial charge in [0, 0.05) is 12.1 Å². The highest BCUT2D eigenvalue weighted by Crippen LogP contribution is 2.27. The van der Waals surface area contributed by atoms with Gasteiger partial charge in [-0.1, -0.05) is 25.7 Å². The Morgan fingerprint density at radius 3 is 2.95 bits per heavy atom. The third-order valence-electron chi connectivity index (χ3n) is 4.22. The topological polar surface area (TPSA) is 53.9 Å². The minimum absolute atomic E-state index is 0.846. The molecule has 0 aliphatic heterocycles. The molecule has 0 aromatic carbocycles. The highest BCUT2D eigenvalue weighted by Gasteiger charge is 2.14. The third kappa shape index (κ3) is 3.12. The highest BCUT2D eigenvalue weighted by molar-refractivity contribution is 5.56. The lowest BCUT2D eigenvalue weighted by molar-refractivity contribution is 0.477. The molecule has 2 heterocycles. The van der Waals surface area contributed by atoms with E-state index in [1.54, 1.807) is 0 Å². The van der Waals surface area contributed by atoms with Crippen LogP contribution in [0, 0.1) is 12.8 Å². The monoisotopic (exact) mass is 273 g/mol. The highest BCUT2D eigenvalue weighted by atomic mass is 16.3. The van der Waals surface area contributed by atoms with Crippen LogP contribution in [0.25, 0.3) is 11.5 Å². The number of aryl methyl sites for hydroxylation is 1. The van der Waals surface area contributed by atoms with E-state index in [2.05, 4.69) is 15.5 Å². The summed E-state index contributed by atoms with van der Waals surface area (Å²) >= 11 is 0. The van der Waals surface area contributed by atoms with E-state index < -0.39 is 0 Å². The first-order chi connectivity index (χ1) is 9.83. The number of aromatic amines is 1. The second-order valence-corrected chi connectivity index (χ2v) is 5.80. The average molecular weight is 273 g/mol. The number of rotatable bonds is 6. The normalized spacial score (nSPS) is 16.1. The summed E-state index contributed by atoms with van der Waals surface area (Å²) in [4.78, 5) is 0. The van der Waals surface area contributed by atoms with Crippen molar-refractivity contribution < 1.29 is 4.42 Å². The number of H-pyrrole nitrogens is 1. The van der Waals surface area contributed by atoms with Gasteiger partial charge in [0.05, 0.1) is 6.20 Å². The zero-order valence-corrected chi connectivity index (χ0v) is 12.1. The van der Waals surface area contributed by atoms with Crippen LogP contribution in [-0.4, -0.2) is 16.7 Å². The molecule has 0 saturated heterocycles. The van der Waals surface area contributed by atoms with E-state index in [0.29, 0.717) is 0 Å². The lowest BCUT2D eigenvalue weighted by atomic mass is 10.0. The van der Waals surface area contributed by atoms with Crippen LogP contribution >= 0.6 is 0 Å². The molecule has 2 aromatic heterocycles. The Hall–Kier alpha value is -1.55. The third-order valence-corrected chi connectivity index (χ3v) is 4.22. The van der Waals surface area contributed by atoms with Gasteiger partial charge in [-0.3, -0.25) is 5.10 Å². The second-order valence-electron chi connectivity index (χ2n) is 5.80. The van der Waals surface area contributed by atoms with Crippen LogP contribution in [0.4, 0.5) is 0 Å². The van der Waals surface area contributed by atoms with Crippen molar-refractivity contribution in [3.63, 3.8) is 0 Å². The number of hydrogen-bond donors (Lipinski definition) is 2. The molecule has 0 unspecified atom stereocenters. The minimum Gasteiger partial charge on any atom is -0.460 e. The number of nitrogens with zero attached hydrogens (tertiary/aromatic N) is 1. The first-order valence-electron chi connectivity index (χ1n) is 7.62. The van der Waals surface area contributed by atoms with Gasteiger partial charge in [-0.15, -0.1) is 0 Å². The first kappa shape index (κ1) is 13.4. The Bertz CT molecular complexity index is 537. The molecule has 0 spiro atoms. The predicted molar refractivity (Wildman–Crippen MR) is 79.3 cm³/mol. The van der Waals surface area contributed by atoms with Crippen LogP contribution in [0.3, 0.4) is 0 Å². The average Bonchev–Trinajstić information content (AvgIpc) is 3.16. The summed E-state index contributed by atoms with van der Waals surface area (Å²) in [6, 6.07) is 3.97. The maximum Gasteiger partial charge on any atom is 0.152 e. The van der Waals surface area contributed by atoms with Gasteiger partial charge in [-0.25, -0.2) is 0 Å². The first-order valence-corrected chi connectivity index (χ1v) is 7.62. The zero-order chi connectivity index (χ0) is 13.8. The molecular formula is C16H23N3O. The lowest BCUT2D eigenvalue weighted by Crippen LogP contribution is -2.17. The van der Waals surface area contributed by atoms with E-state index in [9.17, 15) is 0 Å². The van der Waals surface area contributed by atoms with E-state index in [1.807, 2.05) is 25.3 Å². The van der Waals surface area contributed by atoms with Gasteiger partial charge in [-0.05, 0) is 37.9 Å². The molecule has 2 N–H and O–H groups in total. The predicted octanol–water partition coefficient (Wildman–Crippen LogP) is 3.65. The molecule has 0 radical (unpaired) electrons. The molecule has 20 heavy (non-hydrogen) atoms. The van der Waals surface area contributed by atoms with Gasteiger partial charge in [0.2, 0.25) is 0 Å². The van der Waals surface area contributed by atoms with E-state index in [4.69, 9.17) is 4.42 Å². The molecule has 108 valence electrons. The minimum atomic E-state index is 0.846. The van der Waals surface area contributed by atoms with Gasteiger partial charge >= 0.3 is 0 Å². The van der Waals surface area contributed by atoms with Gasteiger partial charge in [0.1, 0.15) is 11.5 Å². The van der Waals surface area contributed by atoms with Gasteiger partial charge in [0.25, 0.3) is 0 Å². The van der Waals surface area contributed by atoms with Crippen LogP contribution in [0.5, 0.6) is 0 Å². The summed E-state index contributed by atoms with van der Waals surface area (Å²) in [7, 11) is 0. The molecule has 0 atom stereocenters. The van der Waals surface area contributed by atoms with E-state index in [0.717, 1.165) is 36.2 Å². The molecule has 1 aliphatic rings. The van der Waals surface area contributed by atoms with Crippen molar-refractivity contribution in [1.29, 1.82) is 0 Å². The van der Waals surface area contributed by atoms with Crippen molar-refractivity contribution in [2.24, 2.45) is 5.92 Å². The smallest absolute Gasteiger partial charge is 0.152 e. The Morgan fingerprint density at radius 2 is 2.20 bits per heavy atom. The van der Waals surface area contributed by atoms with Gasteiger partial charge in [-0.2, -0.15) is 5.10 Å². The molecule has 2 aromatic rings. The Labute approximate surface area is 120 Å². The molecule has 0 amide bonds. The lowest BCUT2D eigenvalue weighted by Gasteiger charge is -2.09. The molecule has 1 fully saturated rings. The van der Waals surface area contributed by atoms with Crippen LogP contribution in [0.2, 0.25) is 0 Å². The fraction of sp³-hybridized carbons (Fsp3) is 0.562. The Balaban J connectivity index is 1.51. The summed E-state index contributed by atoms with van der Waals surface area (Å²) in [6.07, 6.45) is 8.88. The van der Waals surface area contributed by atoms with Crippen LogP contribution in [0.15, 0.2) is 22.7 Å². The summed E-state index contributed by atoms with van der Waals surface area (Å²) in [5.74, 6) is 2.74. The quantitative estimate of drug-likeness (QED) is 0.790. The second kappa shape index (κ2) is 6.27. The summed E-state index contributed by atoms with van der Waals surface area (Å²) < 4.78 is 5.66. The largest absolute Gasteiger partial charge is 0.460 e. The number of aromatic nitrogens is 2. The molecule has 3 rings (SSSR count). The number of hydrogen-bond acceptors (Lipinski definition) is 3. The fourth-order valence-electron chi connectivity index (χ4n) is 3.06. The van der Waals surface area contributed by atoms with Crippen LogP contribution < -0.4 is 5.32 Å². The van der Waals surface area contributed by atoms with E-state index in [1.165, 1.54) is 37.7 Å². The van der Waals surface area contributed by atoms with Crippen molar-refractivity contribution in [3.8, 4) is 11.5 Å². The molecule has 1 saturated carbocycles. The van der Waals surface area contributed by atoms with E-state index in [-0.39, 0.29) is 0 Å². The molecule has 1 aliphatic carbocycles. The maximum atomic E-state index is 5.66. The SMILES string of the molecule is Cc1ccc(-c2[nH]ncc2CNCCC2CCCC2)o1. The fourth-order valence-corrected chi connectivity index (χ4v) is 3.06. The molecule has 0 bridgehead atoms. The van der Waals surface area contributed by atoms with Crippen molar-refractivity contribution in [2.45, 2.75) is 45.6 Å². The number of furan rings is 1. The summed E-state index contributed by atoms with van der Waals surface area (Å²) in [6.45, 7) is 3.89. The summed E-state index contributed by atoms with van der Waals surface area (Å²) in [5.41, 5.74) is 2.16. The van der Waals surface area contributed by atoms with Gasteiger partial charge in [0.15, 0.2) is 5.76 Å². The molecule has 4 nitrogen and oxygen atoms in total. The van der Waals surface area contributed by atoms with Crippen molar-refractivity contribution in [3.05, 3.63) is 29.7 Å². The molecule has 4 heteroatoms. The Kier molecular flexibility index (Phi) is 4.21. The van der Waals surface area contributed by atoms with Crippen molar-refractivity contribution in [1.82, 2.24) is 15.5 Å². The zero-order valence-electron chi connectivity index (χ0n) is 12.1. The Morgan fingerprint density at radius 1 is 1.35 bits per heavy atom. The molecular weight excluding hydrogens is 250 g/mol. The van der Waals surface area contributed by atoms with Crippen LogP contribution in [-0.2, 0) is 6.54 Å². The van der Waals surface area contributed by atoms with E-state index >= 15 is 0 Å². The standard InChI is InChI=1S/C16H23N3O/c1-12-6-7-15(20-12)16-14(11-18-19-16)10-17-9-8-13-4-2-3-5-13/h6-7,11,13,17H,2-5,8-10H2,1H3,(H,18,19). The van der Waals surface area contributed by atoms with Crippen molar-refractivity contribution >= 4 is 0 Å².